The van der Waals surface area contributed by atoms with Gasteiger partial charge in [0.25, 0.3) is 0 Å². The fraction of sp³-hybridized carbons (Fsp3) is 0.348. The summed E-state index contributed by atoms with van der Waals surface area (Å²) in [6.07, 6.45) is 6.19. The second-order valence-electron chi connectivity index (χ2n) is 7.35. The van der Waals surface area contributed by atoms with E-state index in [1.165, 1.54) is 20.3 Å². The molecule has 0 saturated carbocycles. The van der Waals surface area contributed by atoms with E-state index in [1.54, 1.807) is 47.6 Å². The topological polar surface area (TPSA) is 110 Å². The summed E-state index contributed by atoms with van der Waals surface area (Å²) in [5.74, 6) is 0.265. The molecule has 2 N–H and O–H groups in total. The van der Waals surface area contributed by atoms with Gasteiger partial charge in [-0.2, -0.15) is 0 Å². The summed E-state index contributed by atoms with van der Waals surface area (Å²) in [6, 6.07) is 8.39. The van der Waals surface area contributed by atoms with Crippen LogP contribution in [0.3, 0.4) is 0 Å². The molecular formula is C23H27N3O6. The van der Waals surface area contributed by atoms with E-state index in [4.69, 9.17) is 13.9 Å². The summed E-state index contributed by atoms with van der Waals surface area (Å²) in [5, 5.41) is 5.22. The molecule has 0 radical (unpaired) electrons. The molecule has 0 spiro atoms. The average molecular weight is 441 g/mol. The minimum Gasteiger partial charge on any atom is -0.493 e. The highest BCUT2D eigenvalue weighted by atomic mass is 16.5. The molecule has 2 heterocycles. The number of amides is 3. The zero-order chi connectivity index (χ0) is 22.9. The SMILES string of the molecule is COc1ccc(NC(=O)C(=O)NCC2CCN(C(=O)/C=C/c3ccco3)CC2)cc1OC. The molecular weight excluding hydrogens is 414 g/mol. The first-order valence-corrected chi connectivity index (χ1v) is 10.3. The number of nitrogens with one attached hydrogen (secondary N) is 2. The van der Waals surface area contributed by atoms with Gasteiger partial charge in [0, 0.05) is 37.5 Å². The molecule has 1 aromatic carbocycles. The number of nitrogens with zero attached hydrogens (tertiary/aromatic N) is 1. The van der Waals surface area contributed by atoms with Crippen LogP contribution in [0.15, 0.2) is 47.1 Å². The van der Waals surface area contributed by atoms with E-state index in [9.17, 15) is 14.4 Å². The lowest BCUT2D eigenvalue weighted by molar-refractivity contribution is -0.136. The van der Waals surface area contributed by atoms with Crippen LogP contribution in [0.2, 0.25) is 0 Å². The summed E-state index contributed by atoms with van der Waals surface area (Å²) in [6.45, 7) is 1.57. The molecule has 1 aliphatic heterocycles. The van der Waals surface area contributed by atoms with Crippen LogP contribution in [0.25, 0.3) is 6.08 Å². The molecule has 170 valence electrons. The van der Waals surface area contributed by atoms with Crippen molar-refractivity contribution in [3.8, 4) is 11.5 Å². The first kappa shape index (κ1) is 22.9. The quantitative estimate of drug-likeness (QED) is 0.504. The molecule has 1 aromatic heterocycles. The summed E-state index contributed by atoms with van der Waals surface area (Å²) in [4.78, 5) is 38.4. The molecule has 2 aromatic rings. The van der Waals surface area contributed by atoms with Crippen LogP contribution in [0.4, 0.5) is 5.69 Å². The van der Waals surface area contributed by atoms with Crippen molar-refractivity contribution in [1.82, 2.24) is 10.2 Å². The summed E-state index contributed by atoms with van der Waals surface area (Å²) < 4.78 is 15.5. The molecule has 1 aliphatic rings. The molecule has 9 heteroatoms. The van der Waals surface area contributed by atoms with Crippen LogP contribution in [-0.2, 0) is 14.4 Å². The standard InChI is InChI=1S/C23H27N3O6/c1-30-19-7-5-17(14-20(19)31-2)25-23(29)22(28)24-15-16-9-11-26(12-10-16)21(27)8-6-18-4-3-13-32-18/h3-8,13-14,16H,9-12,15H2,1-2H3,(H,24,28)(H,25,29)/b8-6+. The Morgan fingerprint density at radius 2 is 1.84 bits per heavy atom. The number of hydrogen-bond donors (Lipinski definition) is 2. The van der Waals surface area contributed by atoms with Gasteiger partial charge in [-0.25, -0.2) is 0 Å². The first-order chi connectivity index (χ1) is 15.5. The predicted molar refractivity (Wildman–Crippen MR) is 118 cm³/mol. The lowest BCUT2D eigenvalue weighted by Crippen LogP contribution is -2.43. The number of benzene rings is 1. The van der Waals surface area contributed by atoms with Crippen LogP contribution in [-0.4, -0.2) is 56.5 Å². The average Bonchev–Trinajstić information content (AvgIpc) is 3.35. The highest BCUT2D eigenvalue weighted by molar-refractivity contribution is 6.39. The molecule has 1 fully saturated rings. The number of anilines is 1. The van der Waals surface area contributed by atoms with Crippen LogP contribution in [0.5, 0.6) is 11.5 Å². The Bertz CT molecular complexity index is 962. The van der Waals surface area contributed by atoms with Gasteiger partial charge in [-0.05, 0) is 49.1 Å². The van der Waals surface area contributed by atoms with Crippen molar-refractivity contribution >= 4 is 29.5 Å². The Morgan fingerprint density at radius 3 is 2.50 bits per heavy atom. The first-order valence-electron chi connectivity index (χ1n) is 10.3. The summed E-state index contributed by atoms with van der Waals surface area (Å²) in [5.41, 5.74) is 0.428. The van der Waals surface area contributed by atoms with Gasteiger partial charge >= 0.3 is 11.8 Å². The molecule has 3 rings (SSSR count). The Labute approximate surface area is 186 Å². The third kappa shape index (κ3) is 6.13. The minimum absolute atomic E-state index is 0.0711. The van der Waals surface area contributed by atoms with E-state index in [2.05, 4.69) is 10.6 Å². The number of piperidine rings is 1. The van der Waals surface area contributed by atoms with Gasteiger partial charge in [-0.1, -0.05) is 0 Å². The van der Waals surface area contributed by atoms with Crippen LogP contribution >= 0.6 is 0 Å². The van der Waals surface area contributed by atoms with E-state index >= 15 is 0 Å². The van der Waals surface area contributed by atoms with E-state index in [1.807, 2.05) is 0 Å². The number of furan rings is 1. The Kier molecular flexibility index (Phi) is 7.91. The minimum atomic E-state index is -0.757. The fourth-order valence-electron chi connectivity index (χ4n) is 3.42. The zero-order valence-electron chi connectivity index (χ0n) is 18.1. The monoisotopic (exact) mass is 441 g/mol. The maximum Gasteiger partial charge on any atom is 0.313 e. The van der Waals surface area contributed by atoms with Gasteiger partial charge in [0.2, 0.25) is 5.91 Å². The highest BCUT2D eigenvalue weighted by Crippen LogP contribution is 2.29. The van der Waals surface area contributed by atoms with Crippen molar-refractivity contribution in [2.75, 3.05) is 39.2 Å². The lowest BCUT2D eigenvalue weighted by Gasteiger charge is -2.31. The maximum absolute atomic E-state index is 12.3. The summed E-state index contributed by atoms with van der Waals surface area (Å²) >= 11 is 0. The number of carbonyl (C=O) groups excluding carboxylic acids is 3. The maximum atomic E-state index is 12.3. The number of ether oxygens (including phenoxy) is 2. The largest absolute Gasteiger partial charge is 0.493 e. The van der Waals surface area contributed by atoms with Gasteiger partial charge in [0.05, 0.1) is 20.5 Å². The normalized spacial score (nSPS) is 14.2. The second-order valence-corrected chi connectivity index (χ2v) is 7.35. The van der Waals surface area contributed by atoms with Crippen LogP contribution in [0, 0.1) is 5.92 Å². The molecule has 3 amide bonds. The molecule has 0 aliphatic carbocycles. The highest BCUT2D eigenvalue weighted by Gasteiger charge is 2.23. The van der Waals surface area contributed by atoms with E-state index < -0.39 is 11.8 Å². The third-order valence-corrected chi connectivity index (χ3v) is 5.26. The molecule has 32 heavy (non-hydrogen) atoms. The number of rotatable bonds is 7. The molecule has 0 bridgehead atoms. The number of methoxy groups -OCH3 is 2. The van der Waals surface area contributed by atoms with Gasteiger partial charge in [0.1, 0.15) is 5.76 Å². The Morgan fingerprint density at radius 1 is 1.09 bits per heavy atom. The molecule has 9 nitrogen and oxygen atoms in total. The van der Waals surface area contributed by atoms with Crippen molar-refractivity contribution < 1.29 is 28.3 Å². The van der Waals surface area contributed by atoms with E-state index in [0.717, 1.165) is 12.8 Å². The van der Waals surface area contributed by atoms with E-state index in [0.29, 0.717) is 42.6 Å². The van der Waals surface area contributed by atoms with Crippen LogP contribution in [0.1, 0.15) is 18.6 Å². The van der Waals surface area contributed by atoms with Gasteiger partial charge < -0.3 is 29.4 Å². The van der Waals surface area contributed by atoms with Crippen molar-refractivity contribution in [3.63, 3.8) is 0 Å². The van der Waals surface area contributed by atoms with Crippen molar-refractivity contribution in [2.45, 2.75) is 12.8 Å². The van der Waals surface area contributed by atoms with Gasteiger partial charge in [-0.15, -0.1) is 0 Å². The van der Waals surface area contributed by atoms with E-state index in [-0.39, 0.29) is 11.8 Å². The fourth-order valence-corrected chi connectivity index (χ4v) is 3.42. The zero-order valence-corrected chi connectivity index (χ0v) is 18.1. The lowest BCUT2D eigenvalue weighted by atomic mass is 9.96. The van der Waals surface area contributed by atoms with Crippen molar-refractivity contribution in [3.05, 3.63) is 48.4 Å². The number of likely N-dealkylation sites (tertiary alicyclic amines) is 1. The predicted octanol–water partition coefficient (Wildman–Crippen LogP) is 2.30. The Balaban J connectivity index is 1.41. The second kappa shape index (κ2) is 11.0. The third-order valence-electron chi connectivity index (χ3n) is 5.26. The number of carbonyl (C=O) groups is 3. The smallest absolute Gasteiger partial charge is 0.313 e. The van der Waals surface area contributed by atoms with Crippen LogP contribution < -0.4 is 20.1 Å². The summed E-state index contributed by atoms with van der Waals surface area (Å²) in [7, 11) is 3.01. The molecule has 0 unspecified atom stereocenters. The molecule has 1 saturated heterocycles. The Hall–Kier alpha value is -3.75. The van der Waals surface area contributed by atoms with Gasteiger partial charge in [-0.3, -0.25) is 14.4 Å². The number of hydrogen-bond acceptors (Lipinski definition) is 6. The molecule has 0 atom stereocenters. The van der Waals surface area contributed by atoms with Crippen molar-refractivity contribution in [1.29, 1.82) is 0 Å². The van der Waals surface area contributed by atoms with Gasteiger partial charge in [0.15, 0.2) is 11.5 Å². The van der Waals surface area contributed by atoms with Crippen molar-refractivity contribution in [2.24, 2.45) is 5.92 Å².